The van der Waals surface area contributed by atoms with Crippen LogP contribution in [0, 0.1) is 6.92 Å². The summed E-state index contributed by atoms with van der Waals surface area (Å²) in [4.78, 5) is 8.70. The van der Waals surface area contributed by atoms with E-state index in [1.807, 2.05) is 23.7 Å². The first-order chi connectivity index (χ1) is 10.7. The van der Waals surface area contributed by atoms with Gasteiger partial charge in [0.1, 0.15) is 12.1 Å². The summed E-state index contributed by atoms with van der Waals surface area (Å²) in [5, 5.41) is 8.69. The number of benzene rings is 1. The van der Waals surface area contributed by atoms with Crippen LogP contribution in [0.4, 0.5) is 5.82 Å². The normalized spacial score (nSPS) is 12.5. The molecule has 0 saturated carbocycles. The van der Waals surface area contributed by atoms with Gasteiger partial charge in [0.05, 0.1) is 23.9 Å². The molecule has 0 radical (unpaired) electrons. The van der Waals surface area contributed by atoms with Crippen molar-refractivity contribution in [2.24, 2.45) is 0 Å². The minimum atomic E-state index is 0.158. The number of aryl methyl sites for hydroxylation is 1. The standard InChI is InChI=1S/C16H19N5O/c1-11-5-4-6-13(7-11)21-16-14(8-19-21)15(17-10-18-16)20-12(2)9-22-3/h4-8,10,12H,9H2,1-3H3,(H,17,18,20)/t12-/m0/s1. The Bertz CT molecular complexity index is 783. The number of fused-ring (bicyclic) bond motifs is 1. The zero-order valence-electron chi connectivity index (χ0n) is 12.9. The lowest BCUT2D eigenvalue weighted by Crippen LogP contribution is -2.21. The van der Waals surface area contributed by atoms with Gasteiger partial charge in [-0.3, -0.25) is 0 Å². The molecule has 0 aliphatic heterocycles. The highest BCUT2D eigenvalue weighted by Crippen LogP contribution is 2.22. The van der Waals surface area contributed by atoms with Crippen LogP contribution in [0.25, 0.3) is 16.7 Å². The molecule has 0 fully saturated rings. The second-order valence-electron chi connectivity index (χ2n) is 5.36. The third kappa shape index (κ3) is 2.78. The van der Waals surface area contributed by atoms with Gasteiger partial charge in [-0.05, 0) is 31.5 Å². The third-order valence-corrected chi connectivity index (χ3v) is 3.41. The van der Waals surface area contributed by atoms with Crippen LogP contribution >= 0.6 is 0 Å². The first-order valence-corrected chi connectivity index (χ1v) is 7.20. The average Bonchev–Trinajstić information content (AvgIpc) is 2.92. The smallest absolute Gasteiger partial charge is 0.168 e. The van der Waals surface area contributed by atoms with E-state index in [9.17, 15) is 0 Å². The number of aromatic nitrogens is 4. The van der Waals surface area contributed by atoms with Crippen molar-refractivity contribution in [1.82, 2.24) is 19.7 Å². The van der Waals surface area contributed by atoms with E-state index in [4.69, 9.17) is 4.74 Å². The summed E-state index contributed by atoms with van der Waals surface area (Å²) in [5.74, 6) is 0.772. The van der Waals surface area contributed by atoms with Gasteiger partial charge in [-0.25, -0.2) is 14.6 Å². The first kappa shape index (κ1) is 14.5. The monoisotopic (exact) mass is 297 g/mol. The number of nitrogens with one attached hydrogen (secondary N) is 1. The fourth-order valence-corrected chi connectivity index (χ4v) is 2.43. The minimum absolute atomic E-state index is 0.158. The molecule has 1 atom stereocenters. The molecule has 1 aromatic carbocycles. The highest BCUT2D eigenvalue weighted by Gasteiger charge is 2.12. The Kier molecular flexibility index (Phi) is 4.02. The Balaban J connectivity index is 2.02. The Morgan fingerprint density at radius 2 is 2.18 bits per heavy atom. The molecule has 22 heavy (non-hydrogen) atoms. The highest BCUT2D eigenvalue weighted by molar-refractivity contribution is 5.87. The first-order valence-electron chi connectivity index (χ1n) is 7.20. The van der Waals surface area contributed by atoms with Crippen molar-refractivity contribution in [1.29, 1.82) is 0 Å². The summed E-state index contributed by atoms with van der Waals surface area (Å²) in [7, 11) is 1.68. The fourth-order valence-electron chi connectivity index (χ4n) is 2.43. The Labute approximate surface area is 129 Å². The Hall–Kier alpha value is -2.47. The molecule has 0 unspecified atom stereocenters. The molecule has 0 spiro atoms. The molecule has 1 N–H and O–H groups in total. The minimum Gasteiger partial charge on any atom is -0.383 e. The van der Waals surface area contributed by atoms with Gasteiger partial charge in [0.15, 0.2) is 5.65 Å². The number of nitrogens with zero attached hydrogens (tertiary/aromatic N) is 4. The van der Waals surface area contributed by atoms with Crippen molar-refractivity contribution in [3.8, 4) is 5.69 Å². The van der Waals surface area contributed by atoms with Crippen molar-refractivity contribution >= 4 is 16.9 Å². The number of anilines is 1. The Morgan fingerprint density at radius 3 is 2.95 bits per heavy atom. The predicted octanol–water partition coefficient (Wildman–Crippen LogP) is 2.57. The van der Waals surface area contributed by atoms with Crippen LogP contribution in [0.3, 0.4) is 0 Å². The van der Waals surface area contributed by atoms with Crippen LogP contribution in [0.5, 0.6) is 0 Å². The van der Waals surface area contributed by atoms with Crippen LogP contribution in [0.15, 0.2) is 36.8 Å². The molecule has 0 saturated heterocycles. The van der Waals surface area contributed by atoms with Crippen molar-refractivity contribution in [3.63, 3.8) is 0 Å². The number of methoxy groups -OCH3 is 1. The molecule has 0 aliphatic carbocycles. The van der Waals surface area contributed by atoms with Crippen molar-refractivity contribution < 1.29 is 4.74 Å². The van der Waals surface area contributed by atoms with Crippen LogP contribution in [0.2, 0.25) is 0 Å². The quantitative estimate of drug-likeness (QED) is 0.784. The summed E-state index contributed by atoms with van der Waals surface area (Å²) >= 11 is 0. The molecular weight excluding hydrogens is 278 g/mol. The molecule has 6 heteroatoms. The van der Waals surface area contributed by atoms with Crippen LogP contribution in [0.1, 0.15) is 12.5 Å². The number of ether oxygens (including phenoxy) is 1. The van der Waals surface area contributed by atoms with E-state index >= 15 is 0 Å². The second kappa shape index (κ2) is 6.11. The number of hydrogen-bond acceptors (Lipinski definition) is 5. The van der Waals surface area contributed by atoms with Crippen LogP contribution < -0.4 is 5.32 Å². The van der Waals surface area contributed by atoms with E-state index in [0.717, 1.165) is 22.5 Å². The van der Waals surface area contributed by atoms with Gasteiger partial charge in [0, 0.05) is 13.2 Å². The van der Waals surface area contributed by atoms with Crippen LogP contribution in [-0.2, 0) is 4.74 Å². The van der Waals surface area contributed by atoms with Gasteiger partial charge in [-0.15, -0.1) is 0 Å². The molecular formula is C16H19N5O. The number of hydrogen-bond donors (Lipinski definition) is 1. The lowest BCUT2D eigenvalue weighted by atomic mass is 10.2. The van der Waals surface area contributed by atoms with Gasteiger partial charge >= 0.3 is 0 Å². The molecule has 2 heterocycles. The van der Waals surface area contributed by atoms with Gasteiger partial charge < -0.3 is 10.1 Å². The molecule has 2 aromatic heterocycles. The fraction of sp³-hybridized carbons (Fsp3) is 0.312. The van der Waals surface area contributed by atoms with Gasteiger partial charge in [-0.2, -0.15) is 5.10 Å². The highest BCUT2D eigenvalue weighted by atomic mass is 16.5. The summed E-state index contributed by atoms with van der Waals surface area (Å²) in [6.07, 6.45) is 3.34. The topological polar surface area (TPSA) is 64.9 Å². The zero-order valence-corrected chi connectivity index (χ0v) is 12.9. The van der Waals surface area contributed by atoms with E-state index in [1.54, 1.807) is 19.6 Å². The molecule has 0 aliphatic rings. The SMILES string of the molecule is COC[C@H](C)Nc1ncnc2c1cnn2-c1cccc(C)c1. The van der Waals surface area contributed by atoms with E-state index in [2.05, 4.69) is 39.4 Å². The zero-order chi connectivity index (χ0) is 15.5. The summed E-state index contributed by atoms with van der Waals surface area (Å²) in [6.45, 7) is 4.71. The summed E-state index contributed by atoms with van der Waals surface area (Å²) < 4.78 is 6.98. The van der Waals surface area contributed by atoms with E-state index < -0.39 is 0 Å². The molecule has 3 rings (SSSR count). The summed E-state index contributed by atoms with van der Waals surface area (Å²) in [5.41, 5.74) is 2.96. The van der Waals surface area contributed by atoms with Gasteiger partial charge in [-0.1, -0.05) is 12.1 Å². The molecule has 3 aromatic rings. The lowest BCUT2D eigenvalue weighted by molar-refractivity contribution is 0.190. The second-order valence-corrected chi connectivity index (χ2v) is 5.36. The van der Waals surface area contributed by atoms with Gasteiger partial charge in [0.2, 0.25) is 0 Å². The van der Waals surface area contributed by atoms with Crippen LogP contribution in [-0.4, -0.2) is 39.5 Å². The number of rotatable bonds is 5. The molecule has 0 amide bonds. The lowest BCUT2D eigenvalue weighted by Gasteiger charge is -2.13. The van der Waals surface area contributed by atoms with E-state index in [0.29, 0.717) is 6.61 Å². The molecule has 114 valence electrons. The molecule has 6 nitrogen and oxygen atoms in total. The van der Waals surface area contributed by atoms with Crippen molar-refractivity contribution in [2.75, 3.05) is 19.0 Å². The maximum atomic E-state index is 5.15. The van der Waals surface area contributed by atoms with Crippen molar-refractivity contribution in [2.45, 2.75) is 19.9 Å². The largest absolute Gasteiger partial charge is 0.383 e. The van der Waals surface area contributed by atoms with E-state index in [-0.39, 0.29) is 6.04 Å². The summed E-state index contributed by atoms with van der Waals surface area (Å²) in [6, 6.07) is 8.32. The maximum absolute atomic E-state index is 5.15. The average molecular weight is 297 g/mol. The predicted molar refractivity (Wildman–Crippen MR) is 86.4 cm³/mol. The third-order valence-electron chi connectivity index (χ3n) is 3.41. The van der Waals surface area contributed by atoms with E-state index in [1.165, 1.54) is 5.56 Å². The van der Waals surface area contributed by atoms with Gasteiger partial charge in [0.25, 0.3) is 0 Å². The molecule has 0 bridgehead atoms. The maximum Gasteiger partial charge on any atom is 0.168 e. The Morgan fingerprint density at radius 1 is 1.32 bits per heavy atom. The van der Waals surface area contributed by atoms with Crippen molar-refractivity contribution in [3.05, 3.63) is 42.4 Å².